The fraction of sp³-hybridized carbons (Fsp3) is 0.375. The van der Waals surface area contributed by atoms with Gasteiger partial charge in [-0.05, 0) is 36.2 Å². The summed E-state index contributed by atoms with van der Waals surface area (Å²) < 4.78 is 14.2. The third-order valence-electron chi connectivity index (χ3n) is 3.17. The number of benzene rings is 1. The van der Waals surface area contributed by atoms with E-state index in [-0.39, 0.29) is 11.7 Å². The van der Waals surface area contributed by atoms with Crippen LogP contribution in [0.4, 0.5) is 4.39 Å². The first-order chi connectivity index (χ1) is 9.54. The Bertz CT molecular complexity index is 553. The van der Waals surface area contributed by atoms with Crippen molar-refractivity contribution >= 4 is 22.9 Å². The second-order valence-electron chi connectivity index (χ2n) is 5.22. The van der Waals surface area contributed by atoms with Crippen molar-refractivity contribution < 1.29 is 4.39 Å². The first-order valence-electron chi connectivity index (χ1n) is 6.77. The molecule has 1 aromatic heterocycles. The quantitative estimate of drug-likeness (QED) is 0.803. The van der Waals surface area contributed by atoms with Gasteiger partial charge in [0.1, 0.15) is 5.82 Å². The van der Waals surface area contributed by atoms with Gasteiger partial charge in [-0.3, -0.25) is 0 Å². The van der Waals surface area contributed by atoms with Crippen LogP contribution in [-0.4, -0.2) is 12.6 Å². The molecule has 1 N–H and O–H groups in total. The first-order valence-corrected chi connectivity index (χ1v) is 7.97. The summed E-state index contributed by atoms with van der Waals surface area (Å²) in [6, 6.07) is 11.3. The summed E-state index contributed by atoms with van der Waals surface area (Å²) in [5.41, 5.74) is 1.03. The van der Waals surface area contributed by atoms with Gasteiger partial charge in [0.05, 0.1) is 4.34 Å². The van der Waals surface area contributed by atoms with Gasteiger partial charge in [-0.1, -0.05) is 37.6 Å². The molecule has 0 spiro atoms. The van der Waals surface area contributed by atoms with Gasteiger partial charge in [-0.15, -0.1) is 11.3 Å². The Morgan fingerprint density at radius 2 is 2.05 bits per heavy atom. The van der Waals surface area contributed by atoms with Crippen LogP contribution in [0.5, 0.6) is 0 Å². The minimum Gasteiger partial charge on any atom is -0.314 e. The predicted molar refractivity (Wildman–Crippen MR) is 85.3 cm³/mol. The maximum absolute atomic E-state index is 13.4. The SMILES string of the molecule is CC(C)NCC(Cc1ccc(Cl)s1)c1cccc(F)c1. The zero-order chi connectivity index (χ0) is 14.5. The zero-order valence-corrected chi connectivity index (χ0v) is 13.3. The van der Waals surface area contributed by atoms with Gasteiger partial charge in [-0.2, -0.15) is 0 Å². The summed E-state index contributed by atoms with van der Waals surface area (Å²) in [6.07, 6.45) is 0.876. The molecule has 0 aliphatic carbocycles. The smallest absolute Gasteiger partial charge is 0.123 e. The molecule has 0 radical (unpaired) electrons. The highest BCUT2D eigenvalue weighted by Gasteiger charge is 2.15. The summed E-state index contributed by atoms with van der Waals surface area (Å²) in [4.78, 5) is 1.23. The lowest BCUT2D eigenvalue weighted by molar-refractivity contribution is 0.525. The van der Waals surface area contributed by atoms with Crippen LogP contribution in [0.2, 0.25) is 4.34 Å². The van der Waals surface area contributed by atoms with Crippen LogP contribution in [0.1, 0.15) is 30.2 Å². The molecule has 0 amide bonds. The lowest BCUT2D eigenvalue weighted by Crippen LogP contribution is -2.28. The van der Waals surface area contributed by atoms with E-state index in [2.05, 4.69) is 25.2 Å². The predicted octanol–water partition coefficient (Wildman–Crippen LogP) is 4.86. The molecule has 1 atom stereocenters. The molecular weight excluding hydrogens is 293 g/mol. The average molecular weight is 312 g/mol. The van der Waals surface area contributed by atoms with Crippen molar-refractivity contribution in [3.63, 3.8) is 0 Å². The van der Waals surface area contributed by atoms with Crippen LogP contribution < -0.4 is 5.32 Å². The number of halogens is 2. The van der Waals surface area contributed by atoms with Gasteiger partial charge in [-0.25, -0.2) is 4.39 Å². The number of rotatable bonds is 6. The highest BCUT2D eigenvalue weighted by Crippen LogP contribution is 2.28. The molecule has 108 valence electrons. The van der Waals surface area contributed by atoms with Gasteiger partial charge in [0.2, 0.25) is 0 Å². The summed E-state index contributed by atoms with van der Waals surface area (Å²) in [7, 11) is 0. The summed E-state index contributed by atoms with van der Waals surface area (Å²) in [5.74, 6) is 0.0732. The van der Waals surface area contributed by atoms with Gasteiger partial charge in [0.15, 0.2) is 0 Å². The Morgan fingerprint density at radius 1 is 1.25 bits per heavy atom. The van der Waals surface area contributed by atoms with Crippen molar-refractivity contribution in [3.05, 3.63) is 57.0 Å². The Morgan fingerprint density at radius 3 is 2.65 bits per heavy atom. The average Bonchev–Trinajstić information content (AvgIpc) is 2.80. The highest BCUT2D eigenvalue weighted by molar-refractivity contribution is 7.16. The minimum absolute atomic E-state index is 0.179. The molecule has 1 aromatic carbocycles. The van der Waals surface area contributed by atoms with E-state index in [1.165, 1.54) is 10.9 Å². The second kappa shape index (κ2) is 7.21. The third-order valence-corrected chi connectivity index (χ3v) is 4.42. The van der Waals surface area contributed by atoms with Crippen LogP contribution in [0.25, 0.3) is 0 Å². The molecule has 0 aliphatic rings. The van der Waals surface area contributed by atoms with Crippen molar-refractivity contribution in [1.82, 2.24) is 5.32 Å². The second-order valence-corrected chi connectivity index (χ2v) is 7.02. The molecule has 1 nitrogen and oxygen atoms in total. The maximum atomic E-state index is 13.4. The first kappa shape index (κ1) is 15.5. The molecule has 0 saturated heterocycles. The van der Waals surface area contributed by atoms with E-state index in [1.54, 1.807) is 23.5 Å². The lowest BCUT2D eigenvalue weighted by Gasteiger charge is -2.19. The van der Waals surface area contributed by atoms with Gasteiger partial charge >= 0.3 is 0 Å². The largest absolute Gasteiger partial charge is 0.314 e. The number of hydrogen-bond acceptors (Lipinski definition) is 2. The van der Waals surface area contributed by atoms with E-state index in [1.807, 2.05) is 12.1 Å². The van der Waals surface area contributed by atoms with Gasteiger partial charge in [0, 0.05) is 23.4 Å². The van der Waals surface area contributed by atoms with Crippen LogP contribution in [-0.2, 0) is 6.42 Å². The summed E-state index contributed by atoms with van der Waals surface area (Å²) >= 11 is 7.58. The standard InChI is InChI=1S/C16H19ClFNS/c1-11(2)19-10-13(9-15-6-7-16(17)20-15)12-4-3-5-14(18)8-12/h3-8,11,13,19H,9-10H2,1-2H3. The molecule has 0 fully saturated rings. The number of thiophene rings is 1. The normalized spacial score (nSPS) is 12.8. The van der Waals surface area contributed by atoms with E-state index >= 15 is 0 Å². The molecule has 20 heavy (non-hydrogen) atoms. The maximum Gasteiger partial charge on any atom is 0.123 e. The number of hydrogen-bond donors (Lipinski definition) is 1. The molecule has 0 aliphatic heterocycles. The van der Waals surface area contributed by atoms with Crippen molar-refractivity contribution in [2.24, 2.45) is 0 Å². The molecule has 2 aromatic rings. The van der Waals surface area contributed by atoms with Crippen LogP contribution in [0, 0.1) is 5.82 Å². The molecule has 2 rings (SSSR count). The van der Waals surface area contributed by atoms with Crippen LogP contribution >= 0.6 is 22.9 Å². The molecule has 4 heteroatoms. The molecular formula is C16H19ClFNS. The Kier molecular flexibility index (Phi) is 5.58. The topological polar surface area (TPSA) is 12.0 Å². The van der Waals surface area contributed by atoms with Gasteiger partial charge < -0.3 is 5.32 Å². The van der Waals surface area contributed by atoms with Crippen molar-refractivity contribution in [2.45, 2.75) is 32.2 Å². The Labute approximate surface area is 128 Å². The van der Waals surface area contributed by atoms with E-state index in [9.17, 15) is 4.39 Å². The fourth-order valence-corrected chi connectivity index (χ4v) is 3.32. The molecule has 0 bridgehead atoms. The van der Waals surface area contributed by atoms with Crippen LogP contribution in [0.3, 0.4) is 0 Å². The highest BCUT2D eigenvalue weighted by atomic mass is 35.5. The number of nitrogens with one attached hydrogen (secondary N) is 1. The summed E-state index contributed by atoms with van der Waals surface area (Å²) in [6.45, 7) is 5.06. The van der Waals surface area contributed by atoms with Gasteiger partial charge in [0.25, 0.3) is 0 Å². The minimum atomic E-state index is -0.179. The monoisotopic (exact) mass is 311 g/mol. The van der Waals surface area contributed by atoms with E-state index in [0.717, 1.165) is 22.9 Å². The fourth-order valence-electron chi connectivity index (χ4n) is 2.15. The lowest BCUT2D eigenvalue weighted by atomic mass is 9.94. The van der Waals surface area contributed by atoms with Crippen molar-refractivity contribution in [3.8, 4) is 0 Å². The van der Waals surface area contributed by atoms with E-state index in [4.69, 9.17) is 11.6 Å². The Balaban J connectivity index is 2.15. The van der Waals surface area contributed by atoms with E-state index in [0.29, 0.717) is 6.04 Å². The molecule has 0 saturated carbocycles. The van der Waals surface area contributed by atoms with Crippen molar-refractivity contribution in [1.29, 1.82) is 0 Å². The van der Waals surface area contributed by atoms with Crippen molar-refractivity contribution in [2.75, 3.05) is 6.54 Å². The summed E-state index contributed by atoms with van der Waals surface area (Å²) in [5, 5.41) is 3.44. The Hall–Kier alpha value is -0.900. The molecule has 1 unspecified atom stereocenters. The molecule has 1 heterocycles. The zero-order valence-electron chi connectivity index (χ0n) is 11.7. The van der Waals surface area contributed by atoms with E-state index < -0.39 is 0 Å². The van der Waals surface area contributed by atoms with Crippen LogP contribution in [0.15, 0.2) is 36.4 Å². The third kappa shape index (κ3) is 4.58.